The second-order valence-corrected chi connectivity index (χ2v) is 10.6. The van der Waals surface area contributed by atoms with Crippen molar-refractivity contribution in [2.24, 2.45) is 0 Å². The van der Waals surface area contributed by atoms with Gasteiger partial charge in [-0.15, -0.1) is 0 Å². The van der Waals surface area contributed by atoms with Gasteiger partial charge in [-0.05, 0) is 32.0 Å². The van der Waals surface area contributed by atoms with Crippen LogP contribution >= 0.6 is 11.6 Å². The zero-order chi connectivity index (χ0) is 31.6. The molecule has 1 unspecified atom stereocenters. The fourth-order valence-electron chi connectivity index (χ4n) is 5.21. The van der Waals surface area contributed by atoms with Crippen LogP contribution in [0.1, 0.15) is 75.0 Å². The van der Waals surface area contributed by atoms with Gasteiger partial charge in [-0.25, -0.2) is 19.4 Å². The quantitative estimate of drug-likeness (QED) is 0.411. The van der Waals surface area contributed by atoms with Crippen LogP contribution in [0.2, 0.25) is 5.02 Å². The summed E-state index contributed by atoms with van der Waals surface area (Å²) in [6.45, 7) is 2.46. The summed E-state index contributed by atoms with van der Waals surface area (Å²) in [5, 5.41) is 13.7. The normalized spacial score (nSPS) is 19.6. The van der Waals surface area contributed by atoms with E-state index in [9.17, 15) is 45.8 Å². The first-order chi connectivity index (χ1) is 20.0. The maximum absolute atomic E-state index is 13.8. The molecule has 10 nitrogen and oxygen atoms in total. The summed E-state index contributed by atoms with van der Waals surface area (Å²) >= 11 is 5.69. The van der Waals surface area contributed by atoms with E-state index in [1.807, 2.05) is 0 Å². The molecule has 228 valence electrons. The topological polar surface area (TPSA) is 122 Å². The van der Waals surface area contributed by atoms with Crippen molar-refractivity contribution in [2.75, 3.05) is 6.54 Å². The molecule has 0 saturated carbocycles. The van der Waals surface area contributed by atoms with Gasteiger partial charge in [0.1, 0.15) is 5.69 Å². The van der Waals surface area contributed by atoms with Crippen LogP contribution in [-0.2, 0) is 30.1 Å². The van der Waals surface area contributed by atoms with E-state index >= 15 is 0 Å². The molecule has 43 heavy (non-hydrogen) atoms. The lowest BCUT2D eigenvalue weighted by Gasteiger charge is -2.37. The molecule has 17 heteroatoms. The number of halogens is 7. The molecule has 0 fully saturated rings. The van der Waals surface area contributed by atoms with Crippen molar-refractivity contribution >= 4 is 29.4 Å². The average Bonchev–Trinajstić information content (AvgIpc) is 3.29. The zero-order valence-corrected chi connectivity index (χ0v) is 23.0. The van der Waals surface area contributed by atoms with E-state index in [4.69, 9.17) is 11.6 Å². The highest BCUT2D eigenvalue weighted by Gasteiger charge is 2.44. The molecular formula is C26H21ClF6N6O4. The highest BCUT2D eigenvalue weighted by molar-refractivity contribution is 6.31. The number of hydrogen-bond acceptors (Lipinski definition) is 6. The maximum atomic E-state index is 13.8. The molecule has 0 spiro atoms. The van der Waals surface area contributed by atoms with Crippen LogP contribution in [-0.4, -0.2) is 65.0 Å². The molecule has 0 saturated heterocycles. The van der Waals surface area contributed by atoms with E-state index in [-0.39, 0.29) is 41.9 Å². The second-order valence-electron chi connectivity index (χ2n) is 10.2. The lowest BCUT2D eigenvalue weighted by Crippen LogP contribution is -2.47. The summed E-state index contributed by atoms with van der Waals surface area (Å²) in [6.07, 6.45) is -7.73. The summed E-state index contributed by atoms with van der Waals surface area (Å²) in [5.41, 5.74) is -0.963. The molecule has 3 atom stereocenters. The number of carboxylic acids is 1. The third-order valence-electron chi connectivity index (χ3n) is 7.51. The maximum Gasteiger partial charge on any atom is 0.451 e. The molecule has 2 aliphatic heterocycles. The molecule has 2 aliphatic rings. The summed E-state index contributed by atoms with van der Waals surface area (Å²) in [6, 6.07) is -0.157. The highest BCUT2D eigenvalue weighted by Crippen LogP contribution is 2.38. The highest BCUT2D eigenvalue weighted by atomic mass is 35.5. The van der Waals surface area contributed by atoms with E-state index in [1.165, 1.54) is 11.8 Å². The van der Waals surface area contributed by atoms with Gasteiger partial charge < -0.3 is 14.9 Å². The van der Waals surface area contributed by atoms with Crippen LogP contribution in [0.25, 0.3) is 0 Å². The molecule has 0 aliphatic carbocycles. The fraction of sp³-hybridized carbons (Fsp3) is 0.385. The minimum absolute atomic E-state index is 0.0721. The van der Waals surface area contributed by atoms with Crippen molar-refractivity contribution in [3.05, 3.63) is 75.1 Å². The Balaban J connectivity index is 1.50. The first-order valence-electron chi connectivity index (χ1n) is 12.7. The Hall–Kier alpha value is -4.21. The molecule has 0 bridgehead atoms. The minimum Gasteiger partial charge on any atom is -0.480 e. The second kappa shape index (κ2) is 10.5. The number of benzene rings is 1. The van der Waals surface area contributed by atoms with Gasteiger partial charge in [0.15, 0.2) is 6.04 Å². The van der Waals surface area contributed by atoms with Crippen LogP contribution < -0.4 is 0 Å². The molecule has 4 heterocycles. The number of nitrogens with zero attached hydrogens (tertiary/aromatic N) is 6. The predicted octanol–water partition coefficient (Wildman–Crippen LogP) is 4.79. The van der Waals surface area contributed by atoms with Crippen molar-refractivity contribution in [1.82, 2.24) is 29.5 Å². The standard InChI is InChI=1S/C26H21ClF6N6O4/c1-11-5-18-15(9-37(11)21(40)13-3-4-17(27)16(6-13)25(28,29)30)20-22(41)38(10-19(23(42)43)39(20)36-18)12(2)14-7-34-24(35-8-14)26(31,32)33/h3-4,6-8,11-12,19H,5,9-10H2,1-2H3,(H,42,43)/t11-,12?,19+/m1/s1. The zero-order valence-electron chi connectivity index (χ0n) is 22.2. The van der Waals surface area contributed by atoms with Crippen molar-refractivity contribution < 1.29 is 45.8 Å². The lowest BCUT2D eigenvalue weighted by atomic mass is 9.96. The van der Waals surface area contributed by atoms with E-state index in [1.54, 1.807) is 6.92 Å². The van der Waals surface area contributed by atoms with Crippen molar-refractivity contribution in [1.29, 1.82) is 0 Å². The van der Waals surface area contributed by atoms with Gasteiger partial charge in [-0.3, -0.25) is 9.59 Å². The molecule has 2 amide bonds. The predicted molar refractivity (Wildman–Crippen MR) is 135 cm³/mol. The van der Waals surface area contributed by atoms with Gasteiger partial charge in [-0.2, -0.15) is 31.4 Å². The Morgan fingerprint density at radius 3 is 2.33 bits per heavy atom. The number of aromatic nitrogens is 4. The Labute approximate surface area is 243 Å². The van der Waals surface area contributed by atoms with Gasteiger partial charge in [-0.1, -0.05) is 11.6 Å². The number of carbonyl (C=O) groups is 3. The average molecular weight is 631 g/mol. The van der Waals surface area contributed by atoms with Crippen molar-refractivity contribution in [3.8, 4) is 0 Å². The number of alkyl halides is 6. The Kier molecular flexibility index (Phi) is 7.39. The molecule has 0 radical (unpaired) electrons. The third-order valence-corrected chi connectivity index (χ3v) is 7.84. The number of rotatable bonds is 4. The number of carbonyl (C=O) groups excluding carboxylic acids is 2. The molecular weight excluding hydrogens is 610 g/mol. The van der Waals surface area contributed by atoms with Crippen LogP contribution in [0, 0.1) is 0 Å². The largest absolute Gasteiger partial charge is 0.480 e. The van der Waals surface area contributed by atoms with Crippen LogP contribution in [0.3, 0.4) is 0 Å². The summed E-state index contributed by atoms with van der Waals surface area (Å²) in [5.74, 6) is -4.20. The smallest absolute Gasteiger partial charge is 0.451 e. The van der Waals surface area contributed by atoms with Crippen LogP contribution in [0.15, 0.2) is 30.6 Å². The Morgan fingerprint density at radius 2 is 1.74 bits per heavy atom. The molecule has 5 rings (SSSR count). The van der Waals surface area contributed by atoms with Gasteiger partial charge in [0.05, 0.1) is 35.4 Å². The SMILES string of the molecule is CC(c1cnc(C(F)(F)F)nc1)N1C[C@@H](C(=O)O)n2nc3c(c2C1=O)CN(C(=O)c1ccc(Cl)c(C(F)(F)F)c1)[C@H](C)C3. The number of aliphatic carboxylic acids is 1. The van der Waals surface area contributed by atoms with E-state index in [0.717, 1.165) is 34.1 Å². The van der Waals surface area contributed by atoms with Gasteiger partial charge in [0.25, 0.3) is 11.8 Å². The van der Waals surface area contributed by atoms with Crippen molar-refractivity contribution in [2.45, 2.75) is 57.3 Å². The molecule has 1 aromatic carbocycles. The van der Waals surface area contributed by atoms with Gasteiger partial charge >= 0.3 is 18.3 Å². The first kappa shape index (κ1) is 30.3. The number of fused-ring (bicyclic) bond motifs is 3. The molecule has 2 aromatic heterocycles. The van der Waals surface area contributed by atoms with E-state index < -0.39 is 64.7 Å². The Bertz CT molecular complexity index is 1620. The summed E-state index contributed by atoms with van der Waals surface area (Å²) in [4.78, 5) is 48.5. The molecule has 3 aromatic rings. The van der Waals surface area contributed by atoms with E-state index in [0.29, 0.717) is 11.8 Å². The van der Waals surface area contributed by atoms with Crippen LogP contribution in [0.5, 0.6) is 0 Å². The third kappa shape index (κ3) is 5.39. The minimum atomic E-state index is -4.81. The fourth-order valence-corrected chi connectivity index (χ4v) is 5.43. The number of hydrogen-bond donors (Lipinski definition) is 1. The molecule has 1 N–H and O–H groups in total. The number of amides is 2. The first-order valence-corrected chi connectivity index (χ1v) is 13.1. The van der Waals surface area contributed by atoms with Gasteiger partial charge in [0, 0.05) is 41.5 Å². The van der Waals surface area contributed by atoms with E-state index in [2.05, 4.69) is 15.1 Å². The lowest BCUT2D eigenvalue weighted by molar-refractivity contribution is -0.145. The van der Waals surface area contributed by atoms with Crippen molar-refractivity contribution in [3.63, 3.8) is 0 Å². The Morgan fingerprint density at radius 1 is 1.09 bits per heavy atom. The van der Waals surface area contributed by atoms with Gasteiger partial charge in [0.2, 0.25) is 5.82 Å². The van der Waals surface area contributed by atoms with Crippen LogP contribution in [0.4, 0.5) is 26.3 Å². The monoisotopic (exact) mass is 630 g/mol. The summed E-state index contributed by atoms with van der Waals surface area (Å²) in [7, 11) is 0. The summed E-state index contributed by atoms with van der Waals surface area (Å²) < 4.78 is 80.1. The number of carboxylic acid groups (broad SMARTS) is 1.